The Balaban J connectivity index is 2.24. The summed E-state index contributed by atoms with van der Waals surface area (Å²) in [5.74, 6) is 0.575. The highest BCUT2D eigenvalue weighted by molar-refractivity contribution is 5.63. The molecule has 0 aromatic rings. The first-order valence-corrected chi connectivity index (χ1v) is 4.44. The Hall–Kier alpha value is -0.770. The third kappa shape index (κ3) is 2.70. The number of hydrogen-bond donors (Lipinski definition) is 3. The number of hydrogen-bond acceptors (Lipinski definition) is 2. The molecule has 0 unspecified atom stereocenters. The standard InChI is InChI=1S/C8H16N2O2/c1-6-4-2-3-5-7(6)9-10-8(11)12/h6-7,9-10H,2-5H2,1H3,(H,11,12)/t6-,7-/m1/s1. The molecule has 0 aliphatic heterocycles. The molecule has 70 valence electrons. The molecule has 12 heavy (non-hydrogen) atoms. The highest BCUT2D eigenvalue weighted by Crippen LogP contribution is 2.22. The molecule has 0 radical (unpaired) electrons. The Morgan fingerprint density at radius 1 is 1.42 bits per heavy atom. The van der Waals surface area contributed by atoms with Gasteiger partial charge in [-0.1, -0.05) is 19.8 Å². The zero-order valence-corrected chi connectivity index (χ0v) is 7.34. The molecule has 0 aromatic carbocycles. The van der Waals surface area contributed by atoms with E-state index in [0.29, 0.717) is 12.0 Å². The summed E-state index contributed by atoms with van der Waals surface area (Å²) in [5, 5.41) is 8.36. The molecular formula is C8H16N2O2. The Kier molecular flexibility index (Phi) is 3.34. The monoisotopic (exact) mass is 172 g/mol. The Morgan fingerprint density at radius 2 is 2.08 bits per heavy atom. The van der Waals surface area contributed by atoms with E-state index in [1.165, 1.54) is 19.3 Å². The van der Waals surface area contributed by atoms with Gasteiger partial charge in [0.2, 0.25) is 0 Å². The molecule has 3 N–H and O–H groups in total. The molecule has 1 rings (SSSR count). The molecule has 1 aliphatic rings. The third-order valence-electron chi connectivity index (χ3n) is 2.48. The second-order valence-electron chi connectivity index (χ2n) is 3.44. The van der Waals surface area contributed by atoms with Crippen LogP contribution in [0, 0.1) is 5.92 Å². The molecule has 0 spiro atoms. The minimum absolute atomic E-state index is 0.315. The molecule has 4 heteroatoms. The zero-order chi connectivity index (χ0) is 8.97. The van der Waals surface area contributed by atoms with Crippen LogP contribution in [0.5, 0.6) is 0 Å². The van der Waals surface area contributed by atoms with E-state index in [1.54, 1.807) is 0 Å². The number of amides is 1. The van der Waals surface area contributed by atoms with Gasteiger partial charge in [0.25, 0.3) is 0 Å². The lowest BCUT2D eigenvalue weighted by Crippen LogP contribution is -2.47. The molecular weight excluding hydrogens is 156 g/mol. The summed E-state index contributed by atoms with van der Waals surface area (Å²) >= 11 is 0. The maximum Gasteiger partial charge on any atom is 0.419 e. The number of nitrogens with one attached hydrogen (secondary N) is 2. The van der Waals surface area contributed by atoms with Crippen LogP contribution >= 0.6 is 0 Å². The highest BCUT2D eigenvalue weighted by atomic mass is 16.4. The lowest BCUT2D eigenvalue weighted by molar-refractivity contribution is 0.177. The van der Waals surface area contributed by atoms with E-state index in [0.717, 1.165) is 6.42 Å². The molecule has 0 saturated heterocycles. The van der Waals surface area contributed by atoms with Gasteiger partial charge in [0.15, 0.2) is 0 Å². The maximum absolute atomic E-state index is 10.2. The molecule has 1 fully saturated rings. The van der Waals surface area contributed by atoms with Crippen molar-refractivity contribution < 1.29 is 9.90 Å². The Labute approximate surface area is 72.3 Å². The number of hydrazine groups is 1. The molecule has 0 aromatic heterocycles. The fraction of sp³-hybridized carbons (Fsp3) is 0.875. The van der Waals surface area contributed by atoms with Gasteiger partial charge >= 0.3 is 6.09 Å². The largest absolute Gasteiger partial charge is 0.464 e. The van der Waals surface area contributed by atoms with Crippen LogP contribution < -0.4 is 10.9 Å². The van der Waals surface area contributed by atoms with Gasteiger partial charge in [0, 0.05) is 6.04 Å². The fourth-order valence-corrected chi connectivity index (χ4v) is 1.69. The van der Waals surface area contributed by atoms with Crippen molar-refractivity contribution in [1.82, 2.24) is 10.9 Å². The average molecular weight is 172 g/mol. The highest BCUT2D eigenvalue weighted by Gasteiger charge is 2.20. The molecule has 4 nitrogen and oxygen atoms in total. The minimum Gasteiger partial charge on any atom is -0.464 e. The van der Waals surface area contributed by atoms with Crippen molar-refractivity contribution in [2.45, 2.75) is 38.6 Å². The Bertz CT molecular complexity index is 161. The van der Waals surface area contributed by atoms with Crippen LogP contribution in [-0.4, -0.2) is 17.2 Å². The SMILES string of the molecule is C[C@@H]1CCCC[C@H]1NNC(=O)O. The molecule has 2 atom stereocenters. The van der Waals surface area contributed by atoms with Gasteiger partial charge in [0.1, 0.15) is 0 Å². The molecule has 1 saturated carbocycles. The van der Waals surface area contributed by atoms with E-state index in [1.807, 2.05) is 0 Å². The first-order valence-electron chi connectivity index (χ1n) is 4.44. The van der Waals surface area contributed by atoms with Crippen molar-refractivity contribution in [3.05, 3.63) is 0 Å². The average Bonchev–Trinajstić information content (AvgIpc) is 2.03. The lowest BCUT2D eigenvalue weighted by atomic mass is 9.86. The van der Waals surface area contributed by atoms with Gasteiger partial charge in [-0.2, -0.15) is 0 Å². The van der Waals surface area contributed by atoms with Gasteiger partial charge in [0.05, 0.1) is 0 Å². The van der Waals surface area contributed by atoms with E-state index < -0.39 is 6.09 Å². The second-order valence-corrected chi connectivity index (χ2v) is 3.44. The summed E-state index contributed by atoms with van der Waals surface area (Å²) in [6.45, 7) is 2.15. The zero-order valence-electron chi connectivity index (χ0n) is 7.34. The van der Waals surface area contributed by atoms with Crippen LogP contribution in [0.3, 0.4) is 0 Å². The molecule has 1 aliphatic carbocycles. The van der Waals surface area contributed by atoms with E-state index >= 15 is 0 Å². The first-order chi connectivity index (χ1) is 5.70. The van der Waals surface area contributed by atoms with E-state index in [2.05, 4.69) is 17.8 Å². The van der Waals surface area contributed by atoms with E-state index in [-0.39, 0.29) is 0 Å². The van der Waals surface area contributed by atoms with Gasteiger partial charge in [-0.3, -0.25) is 5.43 Å². The normalized spacial score (nSPS) is 29.8. The predicted molar refractivity (Wildman–Crippen MR) is 45.7 cm³/mol. The van der Waals surface area contributed by atoms with Gasteiger partial charge < -0.3 is 5.11 Å². The molecule has 1 amide bonds. The van der Waals surface area contributed by atoms with Gasteiger partial charge in [-0.15, -0.1) is 0 Å². The van der Waals surface area contributed by atoms with Crippen LogP contribution in [0.4, 0.5) is 4.79 Å². The quantitative estimate of drug-likeness (QED) is 0.551. The maximum atomic E-state index is 10.2. The summed E-state index contributed by atoms with van der Waals surface area (Å²) in [6.07, 6.45) is 3.73. The van der Waals surface area contributed by atoms with E-state index in [4.69, 9.17) is 5.11 Å². The van der Waals surface area contributed by atoms with Crippen LogP contribution in [0.25, 0.3) is 0 Å². The van der Waals surface area contributed by atoms with Crippen molar-refractivity contribution in [1.29, 1.82) is 0 Å². The second kappa shape index (κ2) is 4.30. The van der Waals surface area contributed by atoms with Crippen LogP contribution in [0.1, 0.15) is 32.6 Å². The van der Waals surface area contributed by atoms with Gasteiger partial charge in [-0.25, -0.2) is 10.2 Å². The first kappa shape index (κ1) is 9.32. The summed E-state index contributed by atoms with van der Waals surface area (Å²) in [4.78, 5) is 10.2. The smallest absolute Gasteiger partial charge is 0.419 e. The predicted octanol–water partition coefficient (Wildman–Crippen LogP) is 1.34. The summed E-state index contributed by atoms with van der Waals surface area (Å²) < 4.78 is 0. The van der Waals surface area contributed by atoms with Crippen LogP contribution in [-0.2, 0) is 0 Å². The van der Waals surface area contributed by atoms with E-state index in [9.17, 15) is 4.79 Å². The molecule has 0 bridgehead atoms. The summed E-state index contributed by atoms with van der Waals surface area (Å²) in [5.41, 5.74) is 5.03. The number of carbonyl (C=O) groups is 1. The summed E-state index contributed by atoms with van der Waals surface area (Å²) in [6, 6.07) is 0.315. The molecule has 0 heterocycles. The van der Waals surface area contributed by atoms with Crippen LogP contribution in [0.2, 0.25) is 0 Å². The third-order valence-corrected chi connectivity index (χ3v) is 2.48. The lowest BCUT2D eigenvalue weighted by Gasteiger charge is -2.28. The Morgan fingerprint density at radius 3 is 2.67 bits per heavy atom. The van der Waals surface area contributed by atoms with Crippen molar-refractivity contribution in [3.63, 3.8) is 0 Å². The summed E-state index contributed by atoms with van der Waals surface area (Å²) in [7, 11) is 0. The topological polar surface area (TPSA) is 61.4 Å². The fourth-order valence-electron chi connectivity index (χ4n) is 1.69. The minimum atomic E-state index is -1.01. The number of rotatable bonds is 2. The van der Waals surface area contributed by atoms with Gasteiger partial charge in [-0.05, 0) is 18.8 Å². The number of carboxylic acid groups (broad SMARTS) is 1. The van der Waals surface area contributed by atoms with Crippen molar-refractivity contribution in [3.8, 4) is 0 Å². The van der Waals surface area contributed by atoms with Crippen molar-refractivity contribution >= 4 is 6.09 Å². The van der Waals surface area contributed by atoms with Crippen molar-refractivity contribution in [2.75, 3.05) is 0 Å². The van der Waals surface area contributed by atoms with Crippen molar-refractivity contribution in [2.24, 2.45) is 5.92 Å². The van der Waals surface area contributed by atoms with Crippen LogP contribution in [0.15, 0.2) is 0 Å².